The summed E-state index contributed by atoms with van der Waals surface area (Å²) in [6, 6.07) is 7.83. The molecule has 1 amide bonds. The molecule has 0 aliphatic carbocycles. The molecule has 0 aromatic heterocycles. The van der Waals surface area contributed by atoms with Gasteiger partial charge in [-0.15, -0.1) is 0 Å². The number of carbonyl (C=O) groups is 1. The Balaban J connectivity index is 2.28. The van der Waals surface area contributed by atoms with E-state index in [1.54, 1.807) is 0 Å². The van der Waals surface area contributed by atoms with Crippen LogP contribution in [-0.4, -0.2) is 5.91 Å². The molecule has 6 heteroatoms. The van der Waals surface area contributed by atoms with Crippen molar-refractivity contribution in [3.05, 3.63) is 53.6 Å². The first-order valence-corrected chi connectivity index (χ1v) is 5.39. The second-order valence-electron chi connectivity index (χ2n) is 3.90. The van der Waals surface area contributed by atoms with E-state index in [9.17, 15) is 13.6 Å². The van der Waals surface area contributed by atoms with Crippen molar-refractivity contribution >= 4 is 23.0 Å². The number of anilines is 3. The number of hydrogen-bond donors (Lipinski definition) is 3. The normalized spacial score (nSPS) is 10.2. The zero-order chi connectivity index (χ0) is 14.0. The fourth-order valence-electron chi connectivity index (χ4n) is 1.58. The van der Waals surface area contributed by atoms with Gasteiger partial charge in [0.25, 0.3) is 5.91 Å². The first-order valence-electron chi connectivity index (χ1n) is 5.39. The standard InChI is InChI=1S/C13H11F2N3O/c14-9-2-1-3-11(12(9)15)18-13(19)8-5-4-7(16)6-10(8)17/h1-6H,16-17H2,(H,18,19). The van der Waals surface area contributed by atoms with Crippen LogP contribution in [0.25, 0.3) is 0 Å². The van der Waals surface area contributed by atoms with Gasteiger partial charge >= 0.3 is 0 Å². The van der Waals surface area contributed by atoms with Gasteiger partial charge in [-0.05, 0) is 30.3 Å². The van der Waals surface area contributed by atoms with Crippen LogP contribution in [0.1, 0.15) is 10.4 Å². The number of nitrogens with one attached hydrogen (secondary N) is 1. The van der Waals surface area contributed by atoms with Crippen LogP contribution >= 0.6 is 0 Å². The molecule has 0 spiro atoms. The molecular weight excluding hydrogens is 252 g/mol. The van der Waals surface area contributed by atoms with Crippen molar-refractivity contribution < 1.29 is 13.6 Å². The highest BCUT2D eigenvalue weighted by Crippen LogP contribution is 2.20. The van der Waals surface area contributed by atoms with E-state index in [1.807, 2.05) is 0 Å². The maximum absolute atomic E-state index is 13.4. The van der Waals surface area contributed by atoms with E-state index in [2.05, 4.69) is 5.32 Å². The Morgan fingerprint density at radius 1 is 1.11 bits per heavy atom. The van der Waals surface area contributed by atoms with E-state index in [0.717, 1.165) is 6.07 Å². The third-order valence-corrected chi connectivity index (χ3v) is 2.52. The third kappa shape index (κ3) is 2.62. The Labute approximate surface area is 108 Å². The van der Waals surface area contributed by atoms with Gasteiger partial charge in [-0.25, -0.2) is 8.78 Å². The van der Waals surface area contributed by atoms with E-state index in [1.165, 1.54) is 30.3 Å². The van der Waals surface area contributed by atoms with Crippen LogP contribution in [-0.2, 0) is 0 Å². The third-order valence-electron chi connectivity index (χ3n) is 2.52. The molecule has 0 bridgehead atoms. The van der Waals surface area contributed by atoms with Gasteiger partial charge in [0.15, 0.2) is 11.6 Å². The van der Waals surface area contributed by atoms with Gasteiger partial charge in [-0.1, -0.05) is 6.07 Å². The van der Waals surface area contributed by atoms with Crippen molar-refractivity contribution in [2.45, 2.75) is 0 Å². The number of benzene rings is 2. The van der Waals surface area contributed by atoms with Crippen molar-refractivity contribution in [1.29, 1.82) is 0 Å². The second kappa shape index (κ2) is 4.93. The summed E-state index contributed by atoms with van der Waals surface area (Å²) in [5, 5.41) is 2.25. The van der Waals surface area contributed by atoms with Gasteiger partial charge in [0.05, 0.1) is 11.3 Å². The minimum Gasteiger partial charge on any atom is -0.399 e. The SMILES string of the molecule is Nc1ccc(C(=O)Nc2cccc(F)c2F)c(N)c1. The summed E-state index contributed by atoms with van der Waals surface area (Å²) in [6.07, 6.45) is 0. The van der Waals surface area contributed by atoms with E-state index in [0.29, 0.717) is 5.69 Å². The lowest BCUT2D eigenvalue weighted by molar-refractivity contribution is 0.102. The van der Waals surface area contributed by atoms with Crippen LogP contribution in [0.15, 0.2) is 36.4 Å². The van der Waals surface area contributed by atoms with Crippen molar-refractivity contribution in [2.24, 2.45) is 0 Å². The number of carbonyl (C=O) groups excluding carboxylic acids is 1. The monoisotopic (exact) mass is 263 g/mol. The van der Waals surface area contributed by atoms with E-state index < -0.39 is 17.5 Å². The van der Waals surface area contributed by atoms with Crippen molar-refractivity contribution in [1.82, 2.24) is 0 Å². The number of amides is 1. The maximum atomic E-state index is 13.4. The van der Waals surface area contributed by atoms with Gasteiger partial charge in [0.2, 0.25) is 0 Å². The van der Waals surface area contributed by atoms with Crippen LogP contribution in [0.2, 0.25) is 0 Å². The number of halogens is 2. The smallest absolute Gasteiger partial charge is 0.257 e. The Morgan fingerprint density at radius 3 is 2.53 bits per heavy atom. The molecule has 2 aromatic rings. The summed E-state index contributed by atoms with van der Waals surface area (Å²) < 4.78 is 26.4. The molecule has 0 atom stereocenters. The molecule has 0 heterocycles. The van der Waals surface area contributed by atoms with E-state index in [-0.39, 0.29) is 16.9 Å². The van der Waals surface area contributed by atoms with Crippen LogP contribution in [0.3, 0.4) is 0 Å². The average molecular weight is 263 g/mol. The number of rotatable bonds is 2. The molecule has 0 aliphatic rings. The molecule has 0 unspecified atom stereocenters. The van der Waals surface area contributed by atoms with Crippen molar-refractivity contribution in [2.75, 3.05) is 16.8 Å². The fourth-order valence-corrected chi connectivity index (χ4v) is 1.58. The lowest BCUT2D eigenvalue weighted by atomic mass is 10.1. The fraction of sp³-hybridized carbons (Fsp3) is 0. The zero-order valence-corrected chi connectivity index (χ0v) is 9.78. The summed E-state index contributed by atoms with van der Waals surface area (Å²) in [6.45, 7) is 0. The highest BCUT2D eigenvalue weighted by atomic mass is 19.2. The Kier molecular flexibility index (Phi) is 3.33. The van der Waals surface area contributed by atoms with Crippen LogP contribution in [0.5, 0.6) is 0 Å². The summed E-state index contributed by atoms with van der Waals surface area (Å²) in [5.41, 5.74) is 11.6. The Bertz CT molecular complexity index is 644. The highest BCUT2D eigenvalue weighted by molar-refractivity contribution is 6.08. The molecule has 2 rings (SSSR count). The number of nitrogens with two attached hydrogens (primary N) is 2. The molecule has 0 saturated heterocycles. The van der Waals surface area contributed by atoms with Gasteiger partial charge in [0, 0.05) is 11.4 Å². The minimum atomic E-state index is -1.12. The van der Waals surface area contributed by atoms with Crippen LogP contribution in [0.4, 0.5) is 25.8 Å². The molecule has 0 aliphatic heterocycles. The predicted molar refractivity (Wildman–Crippen MR) is 69.6 cm³/mol. The second-order valence-corrected chi connectivity index (χ2v) is 3.90. The highest BCUT2D eigenvalue weighted by Gasteiger charge is 2.14. The largest absolute Gasteiger partial charge is 0.399 e. The summed E-state index contributed by atoms with van der Waals surface area (Å²) in [5.74, 6) is -2.80. The predicted octanol–water partition coefficient (Wildman–Crippen LogP) is 2.38. The number of hydrogen-bond acceptors (Lipinski definition) is 3. The molecule has 5 N–H and O–H groups in total. The lowest BCUT2D eigenvalue weighted by Gasteiger charge is -2.09. The molecule has 0 radical (unpaired) electrons. The van der Waals surface area contributed by atoms with Gasteiger partial charge in [0.1, 0.15) is 0 Å². The molecule has 2 aromatic carbocycles. The van der Waals surface area contributed by atoms with Gasteiger partial charge in [-0.2, -0.15) is 0 Å². The average Bonchev–Trinajstić information content (AvgIpc) is 2.34. The number of nitrogen functional groups attached to an aromatic ring is 2. The summed E-state index contributed by atoms with van der Waals surface area (Å²) >= 11 is 0. The quantitative estimate of drug-likeness (QED) is 0.727. The van der Waals surface area contributed by atoms with E-state index >= 15 is 0 Å². The first-order chi connectivity index (χ1) is 8.99. The molecule has 0 fully saturated rings. The van der Waals surface area contributed by atoms with Gasteiger partial charge in [-0.3, -0.25) is 4.79 Å². The molecular formula is C13H11F2N3O. The Hall–Kier alpha value is -2.63. The molecule has 4 nitrogen and oxygen atoms in total. The van der Waals surface area contributed by atoms with Gasteiger partial charge < -0.3 is 16.8 Å². The van der Waals surface area contributed by atoms with Crippen LogP contribution < -0.4 is 16.8 Å². The molecule has 98 valence electrons. The van der Waals surface area contributed by atoms with Crippen molar-refractivity contribution in [3.8, 4) is 0 Å². The van der Waals surface area contributed by atoms with Crippen molar-refractivity contribution in [3.63, 3.8) is 0 Å². The van der Waals surface area contributed by atoms with E-state index in [4.69, 9.17) is 11.5 Å². The molecule has 0 saturated carbocycles. The zero-order valence-electron chi connectivity index (χ0n) is 9.78. The topological polar surface area (TPSA) is 81.1 Å². The molecule has 19 heavy (non-hydrogen) atoms. The Morgan fingerprint density at radius 2 is 1.84 bits per heavy atom. The first kappa shape index (κ1) is 12.8. The minimum absolute atomic E-state index is 0.137. The maximum Gasteiger partial charge on any atom is 0.257 e. The summed E-state index contributed by atoms with van der Waals surface area (Å²) in [4.78, 5) is 11.9. The van der Waals surface area contributed by atoms with Crippen LogP contribution in [0, 0.1) is 11.6 Å². The summed E-state index contributed by atoms with van der Waals surface area (Å²) in [7, 11) is 0. The lowest BCUT2D eigenvalue weighted by Crippen LogP contribution is -2.15.